The second-order valence-corrected chi connectivity index (χ2v) is 7.56. The van der Waals surface area contributed by atoms with Crippen LogP contribution in [0.2, 0.25) is 0 Å². The number of carbonyl (C=O) groups excluding carboxylic acids is 1. The molecule has 9 heteroatoms. The van der Waals surface area contributed by atoms with Gasteiger partial charge >= 0.3 is 6.18 Å². The van der Waals surface area contributed by atoms with Crippen molar-refractivity contribution in [2.24, 2.45) is 0 Å². The van der Waals surface area contributed by atoms with Crippen molar-refractivity contribution >= 4 is 22.9 Å². The molecule has 1 saturated heterocycles. The minimum atomic E-state index is -4.15. The first-order valence-electron chi connectivity index (χ1n) is 8.58. The Morgan fingerprint density at radius 3 is 2.72 bits per heavy atom. The number of carbonyl (C=O) groups is 1. The molecule has 0 radical (unpaired) electrons. The highest BCUT2D eigenvalue weighted by Gasteiger charge is 2.33. The third kappa shape index (κ3) is 4.84. The summed E-state index contributed by atoms with van der Waals surface area (Å²) in [5.41, 5.74) is 0. The van der Waals surface area contributed by atoms with Crippen molar-refractivity contribution in [3.63, 3.8) is 0 Å². The number of fused-ring (bicyclic) bond motifs is 1. The molecule has 1 aromatic heterocycles. The lowest BCUT2D eigenvalue weighted by atomic mass is 10.0. The van der Waals surface area contributed by atoms with Gasteiger partial charge in [0.1, 0.15) is 11.9 Å². The maximum atomic E-state index is 12.4. The third-order valence-corrected chi connectivity index (χ3v) is 5.60. The van der Waals surface area contributed by atoms with Crippen LogP contribution in [0.3, 0.4) is 0 Å². The number of ketones is 1. The number of nitrogens with one attached hydrogen (secondary N) is 1. The number of anilines is 1. The van der Waals surface area contributed by atoms with Gasteiger partial charge in [0.15, 0.2) is 5.78 Å². The fourth-order valence-electron chi connectivity index (χ4n) is 3.24. The predicted molar refractivity (Wildman–Crippen MR) is 89.3 cm³/mol. The fourth-order valence-corrected chi connectivity index (χ4v) is 4.20. The quantitative estimate of drug-likeness (QED) is 0.854. The van der Waals surface area contributed by atoms with Crippen molar-refractivity contribution < 1.29 is 22.7 Å². The van der Waals surface area contributed by atoms with E-state index in [2.05, 4.69) is 10.3 Å². The molecule has 1 atom stereocenters. The van der Waals surface area contributed by atoms with Gasteiger partial charge in [-0.1, -0.05) is 18.3 Å². The fraction of sp³-hybridized carbons (Fsp3) is 0.750. The van der Waals surface area contributed by atoms with Gasteiger partial charge in [-0.05, 0) is 25.7 Å². The van der Waals surface area contributed by atoms with E-state index >= 15 is 0 Å². The smallest absolute Gasteiger partial charge is 0.401 e. The molecule has 1 unspecified atom stereocenters. The monoisotopic (exact) mass is 377 g/mol. The van der Waals surface area contributed by atoms with Gasteiger partial charge in [0.05, 0.1) is 17.5 Å². The number of aryl methyl sites for hydroxylation is 1. The number of halogens is 3. The normalized spacial score (nSPS) is 22.3. The Labute approximate surface area is 148 Å². The van der Waals surface area contributed by atoms with Crippen LogP contribution in [-0.4, -0.2) is 53.6 Å². The lowest BCUT2D eigenvalue weighted by Gasteiger charge is -2.31. The number of alkyl halides is 3. The SMILES string of the molecule is CCC(=O)C1CCc2sc(OC3CCN(CC(F)(F)F)CC3)nc2N1. The second kappa shape index (κ2) is 7.49. The van der Waals surface area contributed by atoms with E-state index in [0.717, 1.165) is 17.7 Å². The molecule has 2 aliphatic rings. The standard InChI is InChI=1S/C16H22F3N3O2S/c1-2-12(23)11-3-4-13-14(20-11)21-15(25-13)24-10-5-7-22(8-6-10)9-16(17,18)19/h10-11,20H,2-9H2,1H3. The highest BCUT2D eigenvalue weighted by atomic mass is 32.1. The lowest BCUT2D eigenvalue weighted by Crippen LogP contribution is -2.42. The van der Waals surface area contributed by atoms with Crippen LogP contribution in [0.15, 0.2) is 0 Å². The molecule has 3 rings (SSSR count). The largest absolute Gasteiger partial charge is 0.467 e. The van der Waals surface area contributed by atoms with Crippen LogP contribution in [0.1, 0.15) is 37.5 Å². The molecular formula is C16H22F3N3O2S. The summed E-state index contributed by atoms with van der Waals surface area (Å²) in [7, 11) is 0. The minimum Gasteiger partial charge on any atom is -0.467 e. The summed E-state index contributed by atoms with van der Waals surface area (Å²) < 4.78 is 43.1. The van der Waals surface area contributed by atoms with E-state index in [9.17, 15) is 18.0 Å². The number of piperidine rings is 1. The van der Waals surface area contributed by atoms with Crippen LogP contribution in [0.5, 0.6) is 5.19 Å². The molecule has 140 valence electrons. The highest BCUT2D eigenvalue weighted by molar-refractivity contribution is 7.13. The Bertz CT molecular complexity index is 612. The molecule has 0 saturated carbocycles. The van der Waals surface area contributed by atoms with Crippen molar-refractivity contribution in [3.8, 4) is 5.19 Å². The van der Waals surface area contributed by atoms with E-state index in [4.69, 9.17) is 4.74 Å². The Morgan fingerprint density at radius 1 is 1.36 bits per heavy atom. The zero-order valence-corrected chi connectivity index (χ0v) is 14.9. The first-order chi connectivity index (χ1) is 11.8. The number of hydrogen-bond acceptors (Lipinski definition) is 6. The second-order valence-electron chi connectivity index (χ2n) is 6.52. The Kier molecular flexibility index (Phi) is 5.52. The summed E-state index contributed by atoms with van der Waals surface area (Å²) in [6, 6.07) is -0.182. The van der Waals surface area contributed by atoms with Crippen LogP contribution in [0.4, 0.5) is 19.0 Å². The zero-order chi connectivity index (χ0) is 18.0. The summed E-state index contributed by atoms with van der Waals surface area (Å²) >= 11 is 1.46. The predicted octanol–water partition coefficient (Wildman–Crippen LogP) is 3.25. The van der Waals surface area contributed by atoms with Crippen molar-refractivity contribution in [1.29, 1.82) is 0 Å². The van der Waals surface area contributed by atoms with Crippen LogP contribution in [0, 0.1) is 0 Å². The Balaban J connectivity index is 1.52. The summed E-state index contributed by atoms with van der Waals surface area (Å²) in [5.74, 6) is 0.894. The van der Waals surface area contributed by atoms with E-state index in [0.29, 0.717) is 43.4 Å². The van der Waals surface area contributed by atoms with E-state index < -0.39 is 12.7 Å². The van der Waals surface area contributed by atoms with Gasteiger partial charge in [-0.15, -0.1) is 0 Å². The van der Waals surface area contributed by atoms with Gasteiger partial charge in [0, 0.05) is 19.5 Å². The minimum absolute atomic E-state index is 0.106. The molecule has 25 heavy (non-hydrogen) atoms. The molecular weight excluding hydrogens is 355 g/mol. The number of rotatable bonds is 5. The van der Waals surface area contributed by atoms with Gasteiger partial charge in [-0.3, -0.25) is 9.69 Å². The number of thiazole rings is 1. The highest BCUT2D eigenvalue weighted by Crippen LogP contribution is 2.35. The molecule has 5 nitrogen and oxygen atoms in total. The van der Waals surface area contributed by atoms with Crippen molar-refractivity contribution in [2.75, 3.05) is 25.0 Å². The molecule has 0 bridgehead atoms. The number of ether oxygens (including phenoxy) is 1. The van der Waals surface area contributed by atoms with E-state index in [1.165, 1.54) is 16.2 Å². The van der Waals surface area contributed by atoms with Gasteiger partial charge in [0.25, 0.3) is 5.19 Å². The van der Waals surface area contributed by atoms with Gasteiger partial charge in [0.2, 0.25) is 0 Å². The average Bonchev–Trinajstić information content (AvgIpc) is 2.96. The first-order valence-corrected chi connectivity index (χ1v) is 9.40. The molecule has 3 heterocycles. The van der Waals surface area contributed by atoms with E-state index in [-0.39, 0.29) is 17.9 Å². The van der Waals surface area contributed by atoms with Crippen molar-refractivity contribution in [2.45, 2.75) is 57.3 Å². The number of likely N-dealkylation sites (tertiary alicyclic amines) is 1. The third-order valence-electron chi connectivity index (χ3n) is 4.59. The van der Waals surface area contributed by atoms with Gasteiger partial charge in [-0.25, -0.2) is 0 Å². The average molecular weight is 377 g/mol. The topological polar surface area (TPSA) is 54.5 Å². The maximum absolute atomic E-state index is 12.4. The zero-order valence-electron chi connectivity index (χ0n) is 14.1. The molecule has 1 N–H and O–H groups in total. The number of nitrogens with zero attached hydrogens (tertiary/aromatic N) is 2. The van der Waals surface area contributed by atoms with Crippen molar-refractivity contribution in [3.05, 3.63) is 4.88 Å². The molecule has 0 spiro atoms. The van der Waals surface area contributed by atoms with Crippen LogP contribution in [0.25, 0.3) is 0 Å². The van der Waals surface area contributed by atoms with E-state index in [1.807, 2.05) is 6.92 Å². The summed E-state index contributed by atoms with van der Waals surface area (Å²) in [6.07, 6.45) is -1.08. The number of aromatic nitrogens is 1. The molecule has 2 aliphatic heterocycles. The maximum Gasteiger partial charge on any atom is 0.401 e. The van der Waals surface area contributed by atoms with Crippen LogP contribution < -0.4 is 10.1 Å². The van der Waals surface area contributed by atoms with Crippen LogP contribution in [-0.2, 0) is 11.2 Å². The molecule has 1 fully saturated rings. The Morgan fingerprint density at radius 2 is 2.08 bits per heavy atom. The number of hydrogen-bond donors (Lipinski definition) is 1. The Hall–Kier alpha value is -1.35. The molecule has 1 aromatic rings. The van der Waals surface area contributed by atoms with Gasteiger partial charge < -0.3 is 10.1 Å². The first kappa shape index (κ1) is 18.4. The number of Topliss-reactive ketones (excluding diaryl/α,β-unsaturated/α-hetero) is 1. The van der Waals surface area contributed by atoms with Crippen LogP contribution >= 0.6 is 11.3 Å². The van der Waals surface area contributed by atoms with E-state index in [1.54, 1.807) is 0 Å². The van der Waals surface area contributed by atoms with Gasteiger partial charge in [-0.2, -0.15) is 18.2 Å². The van der Waals surface area contributed by atoms with Crippen molar-refractivity contribution in [1.82, 2.24) is 9.88 Å². The molecule has 0 aliphatic carbocycles. The summed E-state index contributed by atoms with van der Waals surface area (Å²) in [6.45, 7) is 1.74. The summed E-state index contributed by atoms with van der Waals surface area (Å²) in [4.78, 5) is 18.7. The molecule has 0 amide bonds. The summed E-state index contributed by atoms with van der Waals surface area (Å²) in [5, 5.41) is 3.71. The lowest BCUT2D eigenvalue weighted by molar-refractivity contribution is -0.149. The molecule has 0 aromatic carbocycles.